The van der Waals surface area contributed by atoms with Crippen LogP contribution >= 0.6 is 0 Å². The number of carbonyl (C=O) groups is 1. The molecule has 1 fully saturated rings. The van der Waals surface area contributed by atoms with Crippen LogP contribution in [0.15, 0.2) is 71.6 Å². The quantitative estimate of drug-likeness (QED) is 0.554. The summed E-state index contributed by atoms with van der Waals surface area (Å²) in [4.78, 5) is 12.4. The summed E-state index contributed by atoms with van der Waals surface area (Å²) in [5.74, 6) is -0.443. The maximum absolute atomic E-state index is 13.6. The molecule has 0 unspecified atom stereocenters. The Kier molecular flexibility index (Phi) is 5.09. The molecular formula is C23H25NO4S. The highest BCUT2D eigenvalue weighted by molar-refractivity contribution is 7.89. The van der Waals surface area contributed by atoms with E-state index < -0.39 is 15.4 Å². The van der Waals surface area contributed by atoms with Crippen LogP contribution in [-0.4, -0.2) is 32.3 Å². The Morgan fingerprint density at radius 1 is 1.14 bits per heavy atom. The minimum absolute atomic E-state index is 0.134. The molecule has 2 aliphatic rings. The van der Waals surface area contributed by atoms with Crippen LogP contribution in [0, 0.1) is 18.3 Å². The number of methoxy groups -OCH3 is 1. The van der Waals surface area contributed by atoms with E-state index in [4.69, 9.17) is 4.74 Å². The Hall–Kier alpha value is -2.44. The first-order valence-corrected chi connectivity index (χ1v) is 11.2. The number of rotatable bonds is 5. The van der Waals surface area contributed by atoms with Crippen LogP contribution in [0.1, 0.15) is 30.0 Å². The average Bonchev–Trinajstić information content (AvgIpc) is 3.05. The first-order chi connectivity index (χ1) is 13.9. The molecule has 2 aromatic carbocycles. The number of benzene rings is 2. The topological polar surface area (TPSA) is 63.7 Å². The van der Waals surface area contributed by atoms with Gasteiger partial charge in [-0.3, -0.25) is 4.79 Å². The zero-order valence-corrected chi connectivity index (χ0v) is 17.4. The van der Waals surface area contributed by atoms with E-state index in [2.05, 4.69) is 12.2 Å². The van der Waals surface area contributed by atoms with Crippen molar-refractivity contribution in [2.75, 3.05) is 13.7 Å². The molecule has 0 N–H and O–H groups in total. The Morgan fingerprint density at radius 3 is 2.34 bits per heavy atom. The largest absolute Gasteiger partial charge is 0.469 e. The lowest BCUT2D eigenvalue weighted by molar-refractivity contribution is -0.142. The molecule has 0 aromatic heterocycles. The van der Waals surface area contributed by atoms with Gasteiger partial charge in [-0.1, -0.05) is 60.2 Å². The average molecular weight is 412 g/mol. The van der Waals surface area contributed by atoms with Gasteiger partial charge in [-0.25, -0.2) is 8.42 Å². The SMILES string of the molecule is COC(=O)C[C@H]1CN(S(=O)(=O)c2ccc(C)cc2)[C@H](c2ccccc2)[C@@]12C=CC2. The Morgan fingerprint density at radius 2 is 1.79 bits per heavy atom. The van der Waals surface area contributed by atoms with Crippen molar-refractivity contribution in [1.82, 2.24) is 4.31 Å². The maximum atomic E-state index is 13.6. The summed E-state index contributed by atoms with van der Waals surface area (Å²) in [6, 6.07) is 16.3. The molecule has 0 amide bonds. The fraction of sp³-hybridized carbons (Fsp3) is 0.348. The molecule has 0 bridgehead atoms. The Bertz CT molecular complexity index is 1030. The van der Waals surface area contributed by atoms with Gasteiger partial charge in [0.1, 0.15) is 0 Å². The predicted molar refractivity (Wildman–Crippen MR) is 111 cm³/mol. The summed E-state index contributed by atoms with van der Waals surface area (Å²) in [5.41, 5.74) is 1.56. The van der Waals surface area contributed by atoms with Gasteiger partial charge in [0.05, 0.1) is 24.5 Å². The first kappa shape index (κ1) is 19.9. The molecule has 2 aromatic rings. The zero-order chi connectivity index (χ0) is 20.6. The number of aryl methyl sites for hydroxylation is 1. The van der Waals surface area contributed by atoms with E-state index in [1.807, 2.05) is 49.4 Å². The molecule has 3 atom stereocenters. The number of hydrogen-bond acceptors (Lipinski definition) is 4. The highest BCUT2D eigenvalue weighted by atomic mass is 32.2. The van der Waals surface area contributed by atoms with Crippen molar-refractivity contribution in [3.8, 4) is 0 Å². The number of hydrogen-bond donors (Lipinski definition) is 0. The van der Waals surface area contributed by atoms with Crippen molar-refractivity contribution in [2.45, 2.75) is 30.7 Å². The fourth-order valence-electron chi connectivity index (χ4n) is 4.61. The normalized spacial score (nSPS) is 26.4. The summed E-state index contributed by atoms with van der Waals surface area (Å²) in [6.07, 6.45) is 5.09. The van der Waals surface area contributed by atoms with E-state index >= 15 is 0 Å². The van der Waals surface area contributed by atoms with E-state index in [-0.39, 0.29) is 35.8 Å². The third kappa shape index (κ3) is 3.30. The third-order valence-electron chi connectivity index (χ3n) is 6.24. The standard InChI is InChI=1S/C23H25NO4S/c1-17-9-11-20(12-10-17)29(26,27)24-16-19(15-21(25)28-2)23(13-6-14-23)22(24)18-7-4-3-5-8-18/h3-13,19,22H,14-16H2,1-2H3/t19-,22+,23+/m0/s1. The van der Waals surface area contributed by atoms with Crippen LogP contribution < -0.4 is 0 Å². The second kappa shape index (κ2) is 7.43. The van der Waals surface area contributed by atoms with Gasteiger partial charge in [0, 0.05) is 12.0 Å². The lowest BCUT2D eigenvalue weighted by atomic mass is 9.62. The minimum atomic E-state index is -3.73. The predicted octanol–water partition coefficient (Wildman–Crippen LogP) is 3.87. The molecule has 0 radical (unpaired) electrons. The number of carbonyl (C=O) groups excluding carboxylic acids is 1. The van der Waals surface area contributed by atoms with Crippen LogP contribution in [0.3, 0.4) is 0 Å². The first-order valence-electron chi connectivity index (χ1n) is 9.76. The van der Waals surface area contributed by atoms with Crippen LogP contribution in [0.2, 0.25) is 0 Å². The van der Waals surface area contributed by atoms with Gasteiger partial charge in [0.2, 0.25) is 10.0 Å². The molecule has 6 heteroatoms. The molecule has 4 rings (SSSR count). The zero-order valence-electron chi connectivity index (χ0n) is 16.6. The van der Waals surface area contributed by atoms with Crippen molar-refractivity contribution >= 4 is 16.0 Å². The molecule has 1 aliphatic carbocycles. The second-order valence-corrected chi connectivity index (χ2v) is 9.79. The van der Waals surface area contributed by atoms with Gasteiger partial charge < -0.3 is 4.74 Å². The van der Waals surface area contributed by atoms with E-state index in [1.165, 1.54) is 7.11 Å². The molecule has 1 saturated heterocycles. The third-order valence-corrected chi connectivity index (χ3v) is 8.09. The van der Waals surface area contributed by atoms with Crippen LogP contribution in [0.5, 0.6) is 0 Å². The molecule has 152 valence electrons. The summed E-state index contributed by atoms with van der Waals surface area (Å²) in [6.45, 7) is 2.22. The number of esters is 1. The molecule has 5 nitrogen and oxygen atoms in total. The molecule has 1 heterocycles. The Labute approximate surface area is 172 Å². The lowest BCUT2D eigenvalue weighted by Gasteiger charge is -2.42. The van der Waals surface area contributed by atoms with Crippen molar-refractivity contribution in [3.05, 3.63) is 77.9 Å². The van der Waals surface area contributed by atoms with Gasteiger partial charge >= 0.3 is 5.97 Å². The number of nitrogens with zero attached hydrogens (tertiary/aromatic N) is 1. The van der Waals surface area contributed by atoms with E-state index in [9.17, 15) is 13.2 Å². The summed E-state index contributed by atoms with van der Waals surface area (Å²) in [5, 5.41) is 0. The smallest absolute Gasteiger partial charge is 0.305 e. The number of allylic oxidation sites excluding steroid dienone is 1. The maximum Gasteiger partial charge on any atom is 0.305 e. The van der Waals surface area contributed by atoms with Crippen LogP contribution in [-0.2, 0) is 19.6 Å². The van der Waals surface area contributed by atoms with E-state index in [0.29, 0.717) is 0 Å². The molecule has 1 spiro atoms. The van der Waals surface area contributed by atoms with Gasteiger partial charge in [0.25, 0.3) is 0 Å². The summed E-state index contributed by atoms with van der Waals surface area (Å²) < 4.78 is 33.8. The van der Waals surface area contributed by atoms with E-state index in [1.54, 1.807) is 16.4 Å². The lowest BCUT2D eigenvalue weighted by Crippen LogP contribution is -2.38. The van der Waals surface area contributed by atoms with Crippen LogP contribution in [0.25, 0.3) is 0 Å². The van der Waals surface area contributed by atoms with Crippen LogP contribution in [0.4, 0.5) is 0 Å². The van der Waals surface area contributed by atoms with Gasteiger partial charge in [-0.05, 0) is 37.0 Å². The summed E-state index contributed by atoms with van der Waals surface area (Å²) in [7, 11) is -2.36. The van der Waals surface area contributed by atoms with Crippen molar-refractivity contribution in [1.29, 1.82) is 0 Å². The Balaban J connectivity index is 1.82. The van der Waals surface area contributed by atoms with Crippen molar-refractivity contribution in [2.24, 2.45) is 11.3 Å². The molecule has 0 saturated carbocycles. The molecule has 29 heavy (non-hydrogen) atoms. The highest BCUT2D eigenvalue weighted by Gasteiger charge is 2.58. The van der Waals surface area contributed by atoms with Gasteiger partial charge in [-0.15, -0.1) is 0 Å². The monoisotopic (exact) mass is 411 g/mol. The van der Waals surface area contributed by atoms with Gasteiger partial charge in [-0.2, -0.15) is 4.31 Å². The van der Waals surface area contributed by atoms with Crippen molar-refractivity contribution in [3.63, 3.8) is 0 Å². The van der Waals surface area contributed by atoms with Gasteiger partial charge in [0.15, 0.2) is 0 Å². The minimum Gasteiger partial charge on any atom is -0.469 e. The fourth-order valence-corrected chi connectivity index (χ4v) is 6.34. The molecule has 1 aliphatic heterocycles. The van der Waals surface area contributed by atoms with E-state index in [0.717, 1.165) is 17.5 Å². The number of sulfonamides is 1. The van der Waals surface area contributed by atoms with Crippen molar-refractivity contribution < 1.29 is 17.9 Å². The summed E-state index contributed by atoms with van der Waals surface area (Å²) >= 11 is 0. The molecular weight excluding hydrogens is 386 g/mol. The highest BCUT2D eigenvalue weighted by Crippen LogP contribution is 2.60. The second-order valence-electron chi connectivity index (χ2n) is 7.90. The number of ether oxygens (including phenoxy) is 1.